The normalized spacial score (nSPS) is 23.8. The summed E-state index contributed by atoms with van der Waals surface area (Å²) in [6.45, 7) is 6.10. The first-order valence-corrected chi connectivity index (χ1v) is 5.98. The summed E-state index contributed by atoms with van der Waals surface area (Å²) in [4.78, 5) is 0. The summed E-state index contributed by atoms with van der Waals surface area (Å²) in [7, 11) is 1.69. The van der Waals surface area contributed by atoms with Crippen molar-refractivity contribution < 1.29 is 4.74 Å². The minimum atomic E-state index is 0.472. The predicted molar refractivity (Wildman–Crippen MR) is 67.0 cm³/mol. The van der Waals surface area contributed by atoms with E-state index in [0.29, 0.717) is 18.1 Å². The van der Waals surface area contributed by atoms with E-state index in [4.69, 9.17) is 17.0 Å². The van der Waals surface area contributed by atoms with E-state index in [1.54, 1.807) is 7.11 Å². The van der Waals surface area contributed by atoms with Crippen molar-refractivity contribution in [1.29, 1.82) is 0 Å². The van der Waals surface area contributed by atoms with Crippen molar-refractivity contribution in [2.75, 3.05) is 20.3 Å². The number of hydrogen-bond acceptors (Lipinski definition) is 2. The van der Waals surface area contributed by atoms with Gasteiger partial charge in [0, 0.05) is 19.7 Å². The molecule has 1 fully saturated rings. The highest BCUT2D eigenvalue weighted by molar-refractivity contribution is 7.80. The third kappa shape index (κ3) is 4.80. The third-order valence-corrected chi connectivity index (χ3v) is 3.16. The lowest BCUT2D eigenvalue weighted by atomic mass is 9.92. The second-order valence-corrected chi connectivity index (χ2v) is 5.41. The van der Waals surface area contributed by atoms with Gasteiger partial charge in [-0.25, -0.2) is 0 Å². The van der Waals surface area contributed by atoms with Gasteiger partial charge in [0.05, 0.1) is 6.61 Å². The van der Waals surface area contributed by atoms with Gasteiger partial charge in [-0.3, -0.25) is 0 Å². The van der Waals surface area contributed by atoms with Crippen LogP contribution in [0.4, 0.5) is 0 Å². The van der Waals surface area contributed by atoms with Gasteiger partial charge < -0.3 is 15.4 Å². The number of methoxy groups -OCH3 is 1. The highest BCUT2D eigenvalue weighted by Gasteiger charge is 2.30. The van der Waals surface area contributed by atoms with Crippen molar-refractivity contribution in [3.8, 4) is 0 Å². The Bertz CT molecular complexity index is 219. The van der Waals surface area contributed by atoms with Crippen molar-refractivity contribution >= 4 is 17.3 Å². The van der Waals surface area contributed by atoms with Crippen LogP contribution in [-0.2, 0) is 4.74 Å². The number of nitrogens with one attached hydrogen (secondary N) is 2. The van der Waals surface area contributed by atoms with Crippen molar-refractivity contribution in [2.45, 2.75) is 39.2 Å². The summed E-state index contributed by atoms with van der Waals surface area (Å²) >= 11 is 5.20. The van der Waals surface area contributed by atoms with Crippen molar-refractivity contribution in [2.24, 2.45) is 5.41 Å². The molecule has 4 heteroatoms. The molecule has 0 aromatic carbocycles. The zero-order valence-electron chi connectivity index (χ0n) is 9.93. The fourth-order valence-corrected chi connectivity index (χ4v) is 2.33. The summed E-state index contributed by atoms with van der Waals surface area (Å²) in [5.41, 5.74) is 0.472. The van der Waals surface area contributed by atoms with Gasteiger partial charge in [0.1, 0.15) is 0 Å². The van der Waals surface area contributed by atoms with Crippen LogP contribution >= 0.6 is 12.2 Å². The van der Waals surface area contributed by atoms with Gasteiger partial charge in [0.2, 0.25) is 0 Å². The summed E-state index contributed by atoms with van der Waals surface area (Å²) in [6, 6.07) is 0.544. The van der Waals surface area contributed by atoms with Crippen molar-refractivity contribution in [3.05, 3.63) is 0 Å². The number of hydrogen-bond donors (Lipinski definition) is 2. The Kier molecular flexibility index (Phi) is 4.80. The second-order valence-electron chi connectivity index (χ2n) is 5.00. The van der Waals surface area contributed by atoms with Gasteiger partial charge in [0.15, 0.2) is 5.11 Å². The largest absolute Gasteiger partial charge is 0.383 e. The first kappa shape index (κ1) is 12.7. The summed E-state index contributed by atoms with van der Waals surface area (Å²) in [6.07, 6.45) is 3.71. The van der Waals surface area contributed by atoms with Gasteiger partial charge in [-0.15, -0.1) is 0 Å². The van der Waals surface area contributed by atoms with E-state index in [9.17, 15) is 0 Å². The van der Waals surface area contributed by atoms with Crippen LogP contribution < -0.4 is 10.6 Å². The van der Waals surface area contributed by atoms with Crippen molar-refractivity contribution in [1.82, 2.24) is 10.6 Å². The van der Waals surface area contributed by atoms with Crippen LogP contribution in [0, 0.1) is 5.41 Å². The van der Waals surface area contributed by atoms with Gasteiger partial charge in [0.25, 0.3) is 0 Å². The van der Waals surface area contributed by atoms with E-state index in [-0.39, 0.29) is 0 Å². The molecule has 1 atom stereocenters. The first-order chi connectivity index (χ1) is 7.03. The summed E-state index contributed by atoms with van der Waals surface area (Å²) in [5.74, 6) is 0. The van der Waals surface area contributed by atoms with E-state index in [1.807, 2.05) is 0 Å². The molecule has 0 radical (unpaired) electrons. The summed E-state index contributed by atoms with van der Waals surface area (Å²) < 4.78 is 4.95. The van der Waals surface area contributed by atoms with E-state index in [2.05, 4.69) is 24.5 Å². The SMILES string of the molecule is COCCNC(=S)NC1CCC(C)(C)C1. The third-order valence-electron chi connectivity index (χ3n) is 2.90. The minimum absolute atomic E-state index is 0.472. The topological polar surface area (TPSA) is 33.3 Å². The van der Waals surface area contributed by atoms with Crippen LogP contribution in [0.5, 0.6) is 0 Å². The van der Waals surface area contributed by atoms with Crippen LogP contribution in [0.25, 0.3) is 0 Å². The fraction of sp³-hybridized carbons (Fsp3) is 0.909. The molecule has 0 heterocycles. The van der Waals surface area contributed by atoms with Gasteiger partial charge >= 0.3 is 0 Å². The molecule has 2 N–H and O–H groups in total. The van der Waals surface area contributed by atoms with Crippen LogP contribution in [0.1, 0.15) is 33.1 Å². The first-order valence-electron chi connectivity index (χ1n) is 5.57. The van der Waals surface area contributed by atoms with E-state index in [1.165, 1.54) is 19.3 Å². The van der Waals surface area contributed by atoms with Crippen molar-refractivity contribution in [3.63, 3.8) is 0 Å². The average molecular weight is 230 g/mol. The lowest BCUT2D eigenvalue weighted by Crippen LogP contribution is -2.42. The van der Waals surface area contributed by atoms with Gasteiger partial charge in [-0.2, -0.15) is 0 Å². The highest BCUT2D eigenvalue weighted by atomic mass is 32.1. The smallest absolute Gasteiger partial charge is 0.166 e. The molecule has 88 valence electrons. The molecule has 0 amide bonds. The van der Waals surface area contributed by atoms with Gasteiger partial charge in [-0.05, 0) is 36.9 Å². The molecule has 3 nitrogen and oxygen atoms in total. The monoisotopic (exact) mass is 230 g/mol. The van der Waals surface area contributed by atoms with E-state index < -0.39 is 0 Å². The highest BCUT2D eigenvalue weighted by Crippen LogP contribution is 2.36. The van der Waals surface area contributed by atoms with Gasteiger partial charge in [-0.1, -0.05) is 13.8 Å². The Balaban J connectivity index is 2.16. The van der Waals surface area contributed by atoms with Crippen LogP contribution in [0.3, 0.4) is 0 Å². The molecule has 15 heavy (non-hydrogen) atoms. The molecule has 1 aliphatic rings. The lowest BCUT2D eigenvalue weighted by Gasteiger charge is -2.19. The Morgan fingerprint density at radius 2 is 2.27 bits per heavy atom. The molecule has 1 aliphatic carbocycles. The van der Waals surface area contributed by atoms with Crippen LogP contribution in [0.2, 0.25) is 0 Å². The van der Waals surface area contributed by atoms with Crippen LogP contribution in [0.15, 0.2) is 0 Å². The van der Waals surface area contributed by atoms with E-state index in [0.717, 1.165) is 11.7 Å². The zero-order chi connectivity index (χ0) is 11.3. The molecule has 0 aromatic rings. The second kappa shape index (κ2) is 5.66. The molecule has 0 bridgehead atoms. The molecular weight excluding hydrogens is 208 g/mol. The summed E-state index contributed by atoms with van der Waals surface area (Å²) in [5, 5.41) is 7.25. The molecule has 1 saturated carbocycles. The molecule has 0 spiro atoms. The molecule has 0 saturated heterocycles. The Labute approximate surface area is 98.0 Å². The van der Waals surface area contributed by atoms with Crippen LogP contribution in [-0.4, -0.2) is 31.4 Å². The maximum atomic E-state index is 5.20. The molecular formula is C11H22N2OS. The fourth-order valence-electron chi connectivity index (χ4n) is 2.06. The number of rotatable bonds is 4. The lowest BCUT2D eigenvalue weighted by molar-refractivity contribution is 0.204. The quantitative estimate of drug-likeness (QED) is 0.569. The molecule has 0 aromatic heterocycles. The zero-order valence-corrected chi connectivity index (χ0v) is 10.7. The molecule has 0 aliphatic heterocycles. The Morgan fingerprint density at radius 3 is 2.80 bits per heavy atom. The average Bonchev–Trinajstić information content (AvgIpc) is 2.46. The number of thiocarbonyl (C=S) groups is 1. The molecule has 1 rings (SSSR count). The maximum Gasteiger partial charge on any atom is 0.166 e. The Morgan fingerprint density at radius 1 is 1.53 bits per heavy atom. The van der Waals surface area contributed by atoms with E-state index >= 15 is 0 Å². The molecule has 1 unspecified atom stereocenters. The predicted octanol–water partition coefficient (Wildman–Crippen LogP) is 1.68. The Hall–Kier alpha value is -0.350. The maximum absolute atomic E-state index is 5.20. The number of ether oxygens (including phenoxy) is 1. The minimum Gasteiger partial charge on any atom is -0.383 e. The standard InChI is InChI=1S/C11H22N2OS/c1-11(2)5-4-9(8-11)13-10(15)12-6-7-14-3/h9H,4-8H2,1-3H3,(H2,12,13,15).